The van der Waals surface area contributed by atoms with Crippen LogP contribution in [0.2, 0.25) is 5.02 Å². The molecule has 1 aromatic carbocycles. The summed E-state index contributed by atoms with van der Waals surface area (Å²) in [7, 11) is 0. The van der Waals surface area contributed by atoms with Crippen LogP contribution in [-0.2, 0) is 4.79 Å². The van der Waals surface area contributed by atoms with Gasteiger partial charge in [-0.3, -0.25) is 4.79 Å². The first-order chi connectivity index (χ1) is 7.09. The molecule has 0 spiro atoms. The average Bonchev–Trinajstić information content (AvgIpc) is 2.59. The molecule has 0 amide bonds. The summed E-state index contributed by atoms with van der Waals surface area (Å²) in [6.07, 6.45) is 0. The highest BCUT2D eigenvalue weighted by atomic mass is 35.5. The largest absolute Gasteiger partial charge is 0.281 e. The number of carbonyl (C=O) groups excluding carboxylic acids is 1. The van der Waals surface area contributed by atoms with Crippen LogP contribution in [0.3, 0.4) is 0 Å². The summed E-state index contributed by atoms with van der Waals surface area (Å²) in [5, 5.41) is 3.33. The van der Waals surface area contributed by atoms with Crippen LogP contribution in [0.15, 0.2) is 23.6 Å². The molecule has 78 valence electrons. The summed E-state index contributed by atoms with van der Waals surface area (Å²) >= 11 is 13.0. The molecule has 4 heteroatoms. The minimum absolute atomic E-state index is 0.279. The van der Waals surface area contributed by atoms with Crippen molar-refractivity contribution in [3.05, 3.63) is 34.2 Å². The molecular formula is C11H8Cl2OS. The van der Waals surface area contributed by atoms with E-state index in [4.69, 9.17) is 23.2 Å². The van der Waals surface area contributed by atoms with E-state index in [0.29, 0.717) is 5.02 Å². The molecule has 1 unspecified atom stereocenters. The van der Waals surface area contributed by atoms with E-state index in [1.807, 2.05) is 23.6 Å². The zero-order valence-electron chi connectivity index (χ0n) is 7.96. The van der Waals surface area contributed by atoms with Gasteiger partial charge in [-0.25, -0.2) is 0 Å². The van der Waals surface area contributed by atoms with Gasteiger partial charge in [0.2, 0.25) is 5.24 Å². The normalized spacial score (nSPS) is 13.0. The van der Waals surface area contributed by atoms with Gasteiger partial charge in [0, 0.05) is 9.72 Å². The summed E-state index contributed by atoms with van der Waals surface area (Å²) in [4.78, 5) is 11.1. The Morgan fingerprint density at radius 1 is 1.47 bits per heavy atom. The molecule has 1 nitrogen and oxygen atoms in total. The maximum Gasteiger partial charge on any atom is 0.228 e. The van der Waals surface area contributed by atoms with Crippen molar-refractivity contribution in [1.29, 1.82) is 0 Å². The Morgan fingerprint density at radius 3 is 2.87 bits per heavy atom. The summed E-state index contributed by atoms with van der Waals surface area (Å²) < 4.78 is 1.12. The van der Waals surface area contributed by atoms with Crippen molar-refractivity contribution >= 4 is 49.9 Å². The van der Waals surface area contributed by atoms with E-state index in [2.05, 4.69) is 0 Å². The topological polar surface area (TPSA) is 17.1 Å². The first-order valence-electron chi connectivity index (χ1n) is 4.45. The predicted molar refractivity (Wildman–Crippen MR) is 66.1 cm³/mol. The van der Waals surface area contributed by atoms with E-state index in [0.717, 1.165) is 15.6 Å². The summed E-state index contributed by atoms with van der Waals surface area (Å²) in [5.74, 6) is -0.279. The van der Waals surface area contributed by atoms with Crippen molar-refractivity contribution in [2.24, 2.45) is 0 Å². The molecule has 0 saturated heterocycles. The lowest BCUT2D eigenvalue weighted by molar-refractivity contribution is -0.112. The molecule has 0 aliphatic heterocycles. The van der Waals surface area contributed by atoms with Crippen molar-refractivity contribution in [1.82, 2.24) is 0 Å². The van der Waals surface area contributed by atoms with Crippen LogP contribution in [0.5, 0.6) is 0 Å². The molecule has 0 radical (unpaired) electrons. The fraction of sp³-hybridized carbons (Fsp3) is 0.182. The highest BCUT2D eigenvalue weighted by molar-refractivity contribution is 7.17. The number of benzene rings is 1. The second-order valence-electron chi connectivity index (χ2n) is 3.36. The molecule has 0 aliphatic carbocycles. The minimum Gasteiger partial charge on any atom is -0.281 e. The number of fused-ring (bicyclic) bond motifs is 1. The fourth-order valence-corrected chi connectivity index (χ4v) is 2.80. The Bertz CT molecular complexity index is 518. The van der Waals surface area contributed by atoms with Gasteiger partial charge in [-0.15, -0.1) is 11.3 Å². The van der Waals surface area contributed by atoms with Crippen LogP contribution in [-0.4, -0.2) is 5.24 Å². The highest BCUT2D eigenvalue weighted by Crippen LogP contribution is 2.33. The first kappa shape index (κ1) is 10.9. The summed E-state index contributed by atoms with van der Waals surface area (Å²) in [5.41, 5.74) is 0.956. The second kappa shape index (κ2) is 4.12. The van der Waals surface area contributed by atoms with Gasteiger partial charge < -0.3 is 0 Å². The minimum atomic E-state index is -0.338. The van der Waals surface area contributed by atoms with Crippen LogP contribution >= 0.6 is 34.5 Å². The Morgan fingerprint density at radius 2 is 2.20 bits per heavy atom. The molecule has 0 fully saturated rings. The van der Waals surface area contributed by atoms with Crippen molar-refractivity contribution in [3.63, 3.8) is 0 Å². The van der Waals surface area contributed by atoms with Crippen LogP contribution in [0.1, 0.15) is 18.4 Å². The Labute approximate surface area is 102 Å². The fourth-order valence-electron chi connectivity index (χ4n) is 1.48. The van der Waals surface area contributed by atoms with Crippen LogP contribution in [0.25, 0.3) is 10.1 Å². The van der Waals surface area contributed by atoms with E-state index in [-0.39, 0.29) is 11.2 Å². The molecule has 0 N–H and O–H groups in total. The van der Waals surface area contributed by atoms with Crippen LogP contribution in [0.4, 0.5) is 0 Å². The number of carbonyl (C=O) groups is 1. The van der Waals surface area contributed by atoms with E-state index in [9.17, 15) is 4.79 Å². The average molecular weight is 259 g/mol. The molecule has 1 atom stereocenters. The molecule has 0 aliphatic rings. The lowest BCUT2D eigenvalue weighted by Crippen LogP contribution is -2.00. The number of hydrogen-bond acceptors (Lipinski definition) is 2. The molecular weight excluding hydrogens is 251 g/mol. The van der Waals surface area contributed by atoms with E-state index >= 15 is 0 Å². The predicted octanol–water partition coefficient (Wildman–Crippen LogP) is 4.42. The van der Waals surface area contributed by atoms with Gasteiger partial charge in [0.25, 0.3) is 0 Å². The van der Waals surface area contributed by atoms with Crippen molar-refractivity contribution in [2.45, 2.75) is 12.8 Å². The SMILES string of the molecule is CC(C(=O)Cl)c1csc2ccc(Cl)cc12. The third-order valence-electron chi connectivity index (χ3n) is 2.37. The summed E-state index contributed by atoms with van der Waals surface area (Å²) in [6, 6.07) is 5.67. The van der Waals surface area contributed by atoms with Crippen molar-refractivity contribution in [2.75, 3.05) is 0 Å². The standard InChI is InChI=1S/C11H8Cl2OS/c1-6(11(13)14)9-5-15-10-3-2-7(12)4-8(9)10/h2-6H,1H3. The van der Waals surface area contributed by atoms with E-state index in [1.165, 1.54) is 0 Å². The van der Waals surface area contributed by atoms with Crippen LogP contribution in [0, 0.1) is 0 Å². The zero-order chi connectivity index (χ0) is 11.0. The number of thiophene rings is 1. The van der Waals surface area contributed by atoms with E-state index in [1.54, 1.807) is 18.3 Å². The maximum absolute atomic E-state index is 11.1. The second-order valence-corrected chi connectivity index (χ2v) is 5.08. The smallest absolute Gasteiger partial charge is 0.228 e. The lowest BCUT2D eigenvalue weighted by Gasteiger charge is -2.04. The lowest BCUT2D eigenvalue weighted by atomic mass is 10.0. The third-order valence-corrected chi connectivity index (χ3v) is 3.92. The number of halogens is 2. The van der Waals surface area contributed by atoms with Gasteiger partial charge in [-0.05, 0) is 46.1 Å². The number of hydrogen-bond donors (Lipinski definition) is 0. The monoisotopic (exact) mass is 258 g/mol. The Kier molecular flexibility index (Phi) is 3.01. The van der Waals surface area contributed by atoms with E-state index < -0.39 is 0 Å². The maximum atomic E-state index is 11.1. The van der Waals surface area contributed by atoms with Gasteiger partial charge >= 0.3 is 0 Å². The molecule has 15 heavy (non-hydrogen) atoms. The Balaban J connectivity index is 2.61. The molecule has 0 saturated carbocycles. The van der Waals surface area contributed by atoms with Crippen molar-refractivity contribution in [3.8, 4) is 0 Å². The quantitative estimate of drug-likeness (QED) is 0.729. The van der Waals surface area contributed by atoms with Crippen LogP contribution < -0.4 is 0 Å². The van der Waals surface area contributed by atoms with Gasteiger partial charge in [-0.2, -0.15) is 0 Å². The molecule has 1 heterocycles. The first-order valence-corrected chi connectivity index (χ1v) is 6.09. The molecule has 1 aromatic heterocycles. The van der Waals surface area contributed by atoms with Gasteiger partial charge in [0.15, 0.2) is 0 Å². The molecule has 2 rings (SSSR count). The zero-order valence-corrected chi connectivity index (χ0v) is 10.3. The molecule has 2 aromatic rings. The summed E-state index contributed by atoms with van der Waals surface area (Å²) in [6.45, 7) is 1.80. The Hall–Kier alpha value is -0.570. The van der Waals surface area contributed by atoms with Gasteiger partial charge in [0.1, 0.15) is 0 Å². The highest BCUT2D eigenvalue weighted by Gasteiger charge is 2.16. The van der Waals surface area contributed by atoms with Gasteiger partial charge in [-0.1, -0.05) is 18.5 Å². The molecule has 0 bridgehead atoms. The third kappa shape index (κ3) is 2.03. The van der Waals surface area contributed by atoms with Gasteiger partial charge in [0.05, 0.1) is 5.92 Å². The van der Waals surface area contributed by atoms with Crippen molar-refractivity contribution < 1.29 is 4.79 Å². The number of rotatable bonds is 2.